The molecule has 0 N–H and O–H groups in total. The Hall–Kier alpha value is -2.73. The summed E-state index contributed by atoms with van der Waals surface area (Å²) >= 11 is 1.74. The highest BCUT2D eigenvalue weighted by Crippen LogP contribution is 2.40. The van der Waals surface area contributed by atoms with Crippen LogP contribution in [0.15, 0.2) is 52.4 Å². The highest BCUT2D eigenvalue weighted by Gasteiger charge is 2.24. The fourth-order valence-electron chi connectivity index (χ4n) is 3.95. The van der Waals surface area contributed by atoms with E-state index in [-0.39, 0.29) is 5.56 Å². The van der Waals surface area contributed by atoms with Crippen molar-refractivity contribution in [1.29, 1.82) is 0 Å². The van der Waals surface area contributed by atoms with Gasteiger partial charge in [-0.3, -0.25) is 9.48 Å². The Kier molecular flexibility index (Phi) is 4.82. The van der Waals surface area contributed by atoms with Crippen molar-refractivity contribution in [3.05, 3.63) is 52.9 Å². The van der Waals surface area contributed by atoms with Gasteiger partial charge in [-0.2, -0.15) is 5.10 Å². The molecule has 1 saturated carbocycles. The molecule has 0 bridgehead atoms. The molecule has 6 heteroatoms. The molecule has 5 nitrogen and oxygen atoms in total. The summed E-state index contributed by atoms with van der Waals surface area (Å²) < 4.78 is 9.93. The number of rotatable bonds is 6. The van der Waals surface area contributed by atoms with Gasteiger partial charge in [0.05, 0.1) is 12.1 Å². The number of aromatic nitrogens is 3. The lowest BCUT2D eigenvalue weighted by molar-refractivity contribution is 0.301. The summed E-state index contributed by atoms with van der Waals surface area (Å²) in [5, 5.41) is 8.55. The van der Waals surface area contributed by atoms with Crippen LogP contribution in [0.2, 0.25) is 0 Å². The van der Waals surface area contributed by atoms with Gasteiger partial charge in [0, 0.05) is 48.3 Å². The second kappa shape index (κ2) is 7.51. The van der Waals surface area contributed by atoms with E-state index in [4.69, 9.17) is 9.84 Å². The predicted octanol–water partition coefficient (Wildman–Crippen LogP) is 4.99. The van der Waals surface area contributed by atoms with Crippen molar-refractivity contribution >= 4 is 33.4 Å². The number of hydrogen-bond donors (Lipinski definition) is 0. The Labute approximate surface area is 179 Å². The van der Waals surface area contributed by atoms with Gasteiger partial charge in [-0.25, -0.2) is 0 Å². The molecule has 1 fully saturated rings. The SMILES string of the molecule is CCSc1nn(C)c2cc(OCC3CC3)c(-c3cn(C)c(=O)c4ccccc34)cc12. The Morgan fingerprint density at radius 3 is 2.60 bits per heavy atom. The molecule has 2 aromatic heterocycles. The van der Waals surface area contributed by atoms with Gasteiger partial charge < -0.3 is 9.30 Å². The van der Waals surface area contributed by atoms with E-state index < -0.39 is 0 Å². The average Bonchev–Trinajstić information content (AvgIpc) is 3.53. The van der Waals surface area contributed by atoms with Crippen LogP contribution in [0.3, 0.4) is 0 Å². The molecule has 4 aromatic rings. The molecule has 1 aliphatic carbocycles. The fraction of sp³-hybridized carbons (Fsp3) is 0.333. The van der Waals surface area contributed by atoms with Crippen LogP contribution in [0.4, 0.5) is 0 Å². The number of thioether (sulfide) groups is 1. The molecular weight excluding hydrogens is 394 g/mol. The number of aryl methyl sites for hydroxylation is 2. The lowest BCUT2D eigenvalue weighted by Gasteiger charge is -2.15. The number of pyridine rings is 1. The molecule has 0 radical (unpaired) electrons. The first-order valence-electron chi connectivity index (χ1n) is 10.4. The molecule has 30 heavy (non-hydrogen) atoms. The van der Waals surface area contributed by atoms with Crippen LogP contribution in [0, 0.1) is 5.92 Å². The zero-order valence-corrected chi connectivity index (χ0v) is 18.3. The van der Waals surface area contributed by atoms with E-state index in [0.29, 0.717) is 5.92 Å². The summed E-state index contributed by atoms with van der Waals surface area (Å²) in [6.07, 6.45) is 4.41. The Morgan fingerprint density at radius 2 is 1.87 bits per heavy atom. The smallest absolute Gasteiger partial charge is 0.258 e. The maximum atomic E-state index is 12.7. The maximum Gasteiger partial charge on any atom is 0.258 e. The van der Waals surface area contributed by atoms with Gasteiger partial charge in [-0.1, -0.05) is 25.1 Å². The molecule has 1 aliphatic rings. The van der Waals surface area contributed by atoms with Crippen LogP contribution in [0.5, 0.6) is 5.75 Å². The highest BCUT2D eigenvalue weighted by atomic mass is 32.2. The summed E-state index contributed by atoms with van der Waals surface area (Å²) in [7, 11) is 3.79. The third kappa shape index (κ3) is 3.29. The fourth-order valence-corrected chi connectivity index (χ4v) is 4.72. The van der Waals surface area contributed by atoms with Gasteiger partial charge in [0.25, 0.3) is 5.56 Å². The Balaban J connectivity index is 1.79. The van der Waals surface area contributed by atoms with Gasteiger partial charge in [-0.05, 0) is 42.0 Å². The molecule has 154 valence electrons. The normalized spacial score (nSPS) is 14.0. The average molecular weight is 420 g/mol. The minimum Gasteiger partial charge on any atom is -0.493 e. The van der Waals surface area contributed by atoms with Crippen molar-refractivity contribution in [2.24, 2.45) is 20.0 Å². The molecule has 0 aliphatic heterocycles. The third-order valence-electron chi connectivity index (χ3n) is 5.75. The van der Waals surface area contributed by atoms with E-state index in [0.717, 1.165) is 55.9 Å². The molecule has 2 heterocycles. The van der Waals surface area contributed by atoms with E-state index in [2.05, 4.69) is 19.1 Å². The first-order valence-corrected chi connectivity index (χ1v) is 11.4. The molecule has 0 atom stereocenters. The quantitative estimate of drug-likeness (QED) is 0.413. The van der Waals surface area contributed by atoms with Gasteiger partial charge >= 0.3 is 0 Å². The van der Waals surface area contributed by atoms with Crippen molar-refractivity contribution in [1.82, 2.24) is 14.3 Å². The Bertz CT molecular complexity index is 1320. The van der Waals surface area contributed by atoms with E-state index in [1.165, 1.54) is 12.8 Å². The van der Waals surface area contributed by atoms with Crippen LogP contribution in [-0.4, -0.2) is 26.7 Å². The number of fused-ring (bicyclic) bond motifs is 2. The lowest BCUT2D eigenvalue weighted by Crippen LogP contribution is -2.16. The van der Waals surface area contributed by atoms with Gasteiger partial charge in [0.1, 0.15) is 10.8 Å². The second-order valence-corrected chi connectivity index (χ2v) is 9.24. The van der Waals surface area contributed by atoms with Crippen molar-refractivity contribution in [2.45, 2.75) is 24.8 Å². The number of ether oxygens (including phenoxy) is 1. The van der Waals surface area contributed by atoms with E-state index in [1.54, 1.807) is 16.3 Å². The van der Waals surface area contributed by atoms with Crippen LogP contribution in [0.1, 0.15) is 19.8 Å². The standard InChI is InChI=1S/C24H25N3O2S/c1-4-30-23-19-11-18(20-13-26(2)24(28)17-8-6-5-7-16(17)20)22(29-14-15-9-10-15)12-21(19)27(3)25-23/h5-8,11-13,15H,4,9-10,14H2,1-3H3. The molecule has 0 amide bonds. The van der Waals surface area contributed by atoms with Crippen LogP contribution >= 0.6 is 11.8 Å². The molecule has 0 spiro atoms. The summed E-state index contributed by atoms with van der Waals surface area (Å²) in [4.78, 5) is 12.7. The van der Waals surface area contributed by atoms with E-state index in [9.17, 15) is 4.79 Å². The van der Waals surface area contributed by atoms with Gasteiger partial charge in [0.2, 0.25) is 0 Å². The van der Waals surface area contributed by atoms with Crippen molar-refractivity contribution in [2.75, 3.05) is 12.4 Å². The van der Waals surface area contributed by atoms with Crippen molar-refractivity contribution in [3.63, 3.8) is 0 Å². The Morgan fingerprint density at radius 1 is 1.10 bits per heavy atom. The molecule has 0 unspecified atom stereocenters. The number of benzene rings is 2. The van der Waals surface area contributed by atoms with Crippen LogP contribution in [0.25, 0.3) is 32.8 Å². The number of nitrogens with zero attached hydrogens (tertiary/aromatic N) is 3. The molecule has 0 saturated heterocycles. The minimum atomic E-state index is 0.0134. The van der Waals surface area contributed by atoms with Crippen molar-refractivity contribution < 1.29 is 4.74 Å². The molecule has 5 rings (SSSR count). The molecule has 2 aromatic carbocycles. The third-order valence-corrected chi connectivity index (χ3v) is 6.61. The topological polar surface area (TPSA) is 49.0 Å². The molecular formula is C24H25N3O2S. The van der Waals surface area contributed by atoms with E-state index in [1.807, 2.05) is 49.2 Å². The van der Waals surface area contributed by atoms with Gasteiger partial charge in [-0.15, -0.1) is 11.8 Å². The summed E-state index contributed by atoms with van der Waals surface area (Å²) in [6.45, 7) is 2.87. The largest absolute Gasteiger partial charge is 0.493 e. The zero-order valence-electron chi connectivity index (χ0n) is 17.5. The van der Waals surface area contributed by atoms with Crippen LogP contribution < -0.4 is 10.3 Å². The summed E-state index contributed by atoms with van der Waals surface area (Å²) in [6, 6.07) is 12.1. The first kappa shape index (κ1) is 19.2. The van der Waals surface area contributed by atoms with Gasteiger partial charge in [0.15, 0.2) is 0 Å². The second-order valence-electron chi connectivity index (χ2n) is 7.99. The van der Waals surface area contributed by atoms with Crippen molar-refractivity contribution in [3.8, 4) is 16.9 Å². The zero-order chi connectivity index (χ0) is 20.8. The summed E-state index contributed by atoms with van der Waals surface area (Å²) in [5.74, 6) is 2.47. The highest BCUT2D eigenvalue weighted by molar-refractivity contribution is 7.99. The first-order chi connectivity index (χ1) is 14.6. The van der Waals surface area contributed by atoms with Crippen LogP contribution in [-0.2, 0) is 14.1 Å². The maximum absolute atomic E-state index is 12.7. The predicted molar refractivity (Wildman–Crippen MR) is 124 cm³/mol. The summed E-state index contributed by atoms with van der Waals surface area (Å²) in [5.41, 5.74) is 3.10. The van der Waals surface area contributed by atoms with E-state index >= 15 is 0 Å². The monoisotopic (exact) mass is 419 g/mol. The number of hydrogen-bond acceptors (Lipinski definition) is 4. The lowest BCUT2D eigenvalue weighted by atomic mass is 9.98. The minimum absolute atomic E-state index is 0.0134.